The fraction of sp³-hybridized carbons (Fsp3) is 0.118. The summed E-state index contributed by atoms with van der Waals surface area (Å²) in [6, 6.07) is 19.2. The van der Waals surface area contributed by atoms with E-state index in [9.17, 15) is 0 Å². The van der Waals surface area contributed by atoms with Crippen molar-refractivity contribution in [2.24, 2.45) is 0 Å². The van der Waals surface area contributed by atoms with E-state index in [4.69, 9.17) is 9.78 Å². The van der Waals surface area contributed by atoms with Gasteiger partial charge < -0.3 is 9.42 Å². The maximum atomic E-state index is 8.81. The van der Waals surface area contributed by atoms with Crippen LogP contribution in [0, 0.1) is 11.3 Å². The highest BCUT2D eigenvalue weighted by Gasteiger charge is 2.12. The Hall–Kier alpha value is -3.13. The maximum absolute atomic E-state index is 8.81. The van der Waals surface area contributed by atoms with Gasteiger partial charge >= 0.3 is 0 Å². The highest BCUT2D eigenvalue weighted by molar-refractivity contribution is 5.54. The molecule has 5 heteroatoms. The average molecular weight is 290 g/mol. The van der Waals surface area contributed by atoms with Gasteiger partial charge in [-0.1, -0.05) is 30.3 Å². The van der Waals surface area contributed by atoms with Crippen molar-refractivity contribution in [1.82, 2.24) is 10.1 Å². The van der Waals surface area contributed by atoms with Crippen molar-refractivity contribution in [2.75, 3.05) is 11.9 Å². The van der Waals surface area contributed by atoms with Gasteiger partial charge in [-0.2, -0.15) is 10.2 Å². The third kappa shape index (κ3) is 2.96. The van der Waals surface area contributed by atoms with E-state index in [0.29, 0.717) is 23.9 Å². The zero-order chi connectivity index (χ0) is 15.4. The quantitative estimate of drug-likeness (QED) is 0.738. The van der Waals surface area contributed by atoms with Crippen LogP contribution in [0.5, 0.6) is 0 Å². The SMILES string of the molecule is CN(Cc1ccc(C#N)cc1)c1noc(-c2ccccc2)n1. The van der Waals surface area contributed by atoms with Crippen LogP contribution < -0.4 is 4.90 Å². The summed E-state index contributed by atoms with van der Waals surface area (Å²) in [5.74, 6) is 1.03. The lowest BCUT2D eigenvalue weighted by atomic mass is 10.1. The van der Waals surface area contributed by atoms with E-state index >= 15 is 0 Å². The maximum Gasteiger partial charge on any atom is 0.266 e. The summed E-state index contributed by atoms with van der Waals surface area (Å²) < 4.78 is 5.30. The predicted molar refractivity (Wildman–Crippen MR) is 83.0 cm³/mol. The molecule has 5 nitrogen and oxygen atoms in total. The minimum atomic E-state index is 0.502. The molecule has 0 radical (unpaired) electrons. The summed E-state index contributed by atoms with van der Waals surface area (Å²) in [6.45, 7) is 0.638. The molecule has 0 bridgehead atoms. The zero-order valence-corrected chi connectivity index (χ0v) is 12.1. The molecule has 1 heterocycles. The molecule has 2 aromatic carbocycles. The van der Waals surface area contributed by atoms with Gasteiger partial charge in [0.25, 0.3) is 11.8 Å². The number of hydrogen-bond acceptors (Lipinski definition) is 5. The number of nitriles is 1. The molecule has 0 unspecified atom stereocenters. The monoisotopic (exact) mass is 290 g/mol. The topological polar surface area (TPSA) is 66.0 Å². The van der Waals surface area contributed by atoms with E-state index in [1.807, 2.05) is 54.4 Å². The Morgan fingerprint density at radius 3 is 2.50 bits per heavy atom. The number of anilines is 1. The normalized spacial score (nSPS) is 10.2. The van der Waals surface area contributed by atoms with E-state index < -0.39 is 0 Å². The third-order valence-electron chi connectivity index (χ3n) is 3.28. The Balaban J connectivity index is 1.74. The number of benzene rings is 2. The van der Waals surface area contributed by atoms with Gasteiger partial charge in [0.15, 0.2) is 0 Å². The van der Waals surface area contributed by atoms with Crippen LogP contribution in [0.25, 0.3) is 11.5 Å². The van der Waals surface area contributed by atoms with E-state index in [1.165, 1.54) is 0 Å². The lowest BCUT2D eigenvalue weighted by molar-refractivity contribution is 0.430. The summed E-state index contributed by atoms with van der Waals surface area (Å²) in [4.78, 5) is 6.31. The molecule has 22 heavy (non-hydrogen) atoms. The number of rotatable bonds is 4. The largest absolute Gasteiger partial charge is 0.337 e. The van der Waals surface area contributed by atoms with Gasteiger partial charge in [0, 0.05) is 19.2 Å². The number of nitrogens with zero attached hydrogens (tertiary/aromatic N) is 4. The second-order valence-electron chi connectivity index (χ2n) is 4.93. The van der Waals surface area contributed by atoms with E-state index in [2.05, 4.69) is 16.2 Å². The summed E-state index contributed by atoms with van der Waals surface area (Å²) in [5.41, 5.74) is 2.62. The van der Waals surface area contributed by atoms with Crippen molar-refractivity contribution < 1.29 is 4.52 Å². The van der Waals surface area contributed by atoms with Crippen LogP contribution in [0.2, 0.25) is 0 Å². The fourth-order valence-electron chi connectivity index (χ4n) is 2.10. The Labute approximate surface area is 128 Å². The molecule has 3 rings (SSSR count). The molecule has 0 saturated carbocycles. The molecule has 0 fully saturated rings. The molecule has 0 aliphatic carbocycles. The van der Waals surface area contributed by atoms with Crippen molar-refractivity contribution in [3.63, 3.8) is 0 Å². The van der Waals surface area contributed by atoms with Crippen molar-refractivity contribution >= 4 is 5.95 Å². The lowest BCUT2D eigenvalue weighted by Gasteiger charge is -2.13. The molecule has 0 amide bonds. The zero-order valence-electron chi connectivity index (χ0n) is 12.1. The minimum absolute atomic E-state index is 0.502. The Morgan fingerprint density at radius 2 is 1.82 bits per heavy atom. The highest BCUT2D eigenvalue weighted by Crippen LogP contribution is 2.20. The fourth-order valence-corrected chi connectivity index (χ4v) is 2.10. The van der Waals surface area contributed by atoms with Gasteiger partial charge in [-0.25, -0.2) is 0 Å². The summed E-state index contributed by atoms with van der Waals surface area (Å²) in [7, 11) is 1.90. The van der Waals surface area contributed by atoms with Gasteiger partial charge in [-0.3, -0.25) is 0 Å². The first-order valence-electron chi connectivity index (χ1n) is 6.85. The van der Waals surface area contributed by atoms with Crippen LogP contribution in [-0.4, -0.2) is 17.2 Å². The average Bonchev–Trinajstić information content (AvgIpc) is 3.06. The number of aromatic nitrogens is 2. The summed E-state index contributed by atoms with van der Waals surface area (Å²) in [5, 5.41) is 12.8. The lowest BCUT2D eigenvalue weighted by Crippen LogP contribution is -2.17. The molecule has 0 spiro atoms. The van der Waals surface area contributed by atoms with E-state index in [1.54, 1.807) is 12.1 Å². The first kappa shape index (κ1) is 13.8. The molecule has 3 aromatic rings. The molecule has 0 aliphatic heterocycles. The van der Waals surface area contributed by atoms with Gasteiger partial charge in [-0.15, -0.1) is 0 Å². The third-order valence-corrected chi connectivity index (χ3v) is 3.28. The minimum Gasteiger partial charge on any atom is -0.337 e. The highest BCUT2D eigenvalue weighted by atomic mass is 16.5. The first-order valence-corrected chi connectivity index (χ1v) is 6.85. The van der Waals surface area contributed by atoms with Gasteiger partial charge in [0.1, 0.15) is 0 Å². The molecular weight excluding hydrogens is 276 g/mol. The van der Waals surface area contributed by atoms with Crippen molar-refractivity contribution in [2.45, 2.75) is 6.54 Å². The van der Waals surface area contributed by atoms with Crippen LogP contribution in [0.1, 0.15) is 11.1 Å². The molecule has 108 valence electrons. The second kappa shape index (κ2) is 6.10. The van der Waals surface area contributed by atoms with Crippen molar-refractivity contribution in [1.29, 1.82) is 5.26 Å². The van der Waals surface area contributed by atoms with Crippen LogP contribution in [0.15, 0.2) is 59.1 Å². The van der Waals surface area contributed by atoms with Gasteiger partial charge in [0.2, 0.25) is 0 Å². The van der Waals surface area contributed by atoms with Crippen LogP contribution in [-0.2, 0) is 6.54 Å². The Bertz CT molecular complexity index is 788. The van der Waals surface area contributed by atoms with Crippen LogP contribution in [0.4, 0.5) is 5.95 Å². The Kier molecular flexibility index (Phi) is 3.84. The second-order valence-corrected chi connectivity index (χ2v) is 4.93. The van der Waals surface area contributed by atoms with Crippen molar-refractivity contribution in [3.05, 3.63) is 65.7 Å². The predicted octanol–water partition coefficient (Wildman–Crippen LogP) is 3.24. The standard InChI is InChI=1S/C17H14N4O/c1-21(12-14-9-7-13(11-18)8-10-14)17-19-16(22-20-17)15-5-3-2-4-6-15/h2-10H,12H2,1H3. The summed E-state index contributed by atoms with van der Waals surface area (Å²) >= 11 is 0. The van der Waals surface area contributed by atoms with Crippen LogP contribution in [0.3, 0.4) is 0 Å². The number of hydrogen-bond donors (Lipinski definition) is 0. The van der Waals surface area contributed by atoms with E-state index in [0.717, 1.165) is 11.1 Å². The molecular formula is C17H14N4O. The van der Waals surface area contributed by atoms with Gasteiger partial charge in [-0.05, 0) is 35.0 Å². The summed E-state index contributed by atoms with van der Waals surface area (Å²) in [6.07, 6.45) is 0. The molecule has 0 N–H and O–H groups in total. The molecule has 0 saturated heterocycles. The smallest absolute Gasteiger partial charge is 0.266 e. The van der Waals surface area contributed by atoms with Crippen LogP contribution >= 0.6 is 0 Å². The van der Waals surface area contributed by atoms with Crippen molar-refractivity contribution in [3.8, 4) is 17.5 Å². The van der Waals surface area contributed by atoms with E-state index in [-0.39, 0.29) is 0 Å². The first-order chi connectivity index (χ1) is 10.8. The molecule has 1 aromatic heterocycles. The van der Waals surface area contributed by atoms with Gasteiger partial charge in [0.05, 0.1) is 11.6 Å². The Morgan fingerprint density at radius 1 is 1.09 bits per heavy atom. The molecule has 0 atom stereocenters. The molecule has 0 aliphatic rings.